The Balaban J connectivity index is 2.12. The lowest BCUT2D eigenvalue weighted by atomic mass is 10.1. The first-order valence-corrected chi connectivity index (χ1v) is 6.15. The van der Waals surface area contributed by atoms with E-state index in [4.69, 9.17) is 17.3 Å². The molecule has 1 unspecified atom stereocenters. The summed E-state index contributed by atoms with van der Waals surface area (Å²) in [5, 5.41) is 2.14. The summed E-state index contributed by atoms with van der Waals surface area (Å²) in [6, 6.07) is 8.64. The maximum Gasteiger partial charge on any atom is 0.141 e. The fourth-order valence-corrected chi connectivity index (χ4v) is 2.46. The van der Waals surface area contributed by atoms with Crippen LogP contribution in [0.1, 0.15) is 16.5 Å². The molecule has 2 N–H and O–H groups in total. The van der Waals surface area contributed by atoms with E-state index in [-0.39, 0.29) is 11.1 Å². The average Bonchev–Trinajstić information content (AvgIpc) is 2.77. The lowest BCUT2D eigenvalue weighted by molar-refractivity contribution is 0.626. The second-order valence-electron chi connectivity index (χ2n) is 3.57. The predicted octanol–water partition coefficient (Wildman–Crippen LogP) is 3.78. The number of rotatable bonds is 3. The Bertz CT molecular complexity index is 470. The Morgan fingerprint density at radius 2 is 2.19 bits per heavy atom. The summed E-state index contributed by atoms with van der Waals surface area (Å²) in [7, 11) is 0. The van der Waals surface area contributed by atoms with E-state index in [1.165, 1.54) is 6.07 Å². The first-order valence-electron chi connectivity index (χ1n) is 4.89. The predicted molar refractivity (Wildman–Crippen MR) is 66.4 cm³/mol. The van der Waals surface area contributed by atoms with Crippen molar-refractivity contribution in [2.75, 3.05) is 0 Å². The van der Waals surface area contributed by atoms with Gasteiger partial charge in [-0.15, -0.1) is 11.3 Å². The second kappa shape index (κ2) is 4.95. The van der Waals surface area contributed by atoms with Crippen molar-refractivity contribution in [1.82, 2.24) is 0 Å². The van der Waals surface area contributed by atoms with Crippen LogP contribution in [-0.4, -0.2) is 0 Å². The third kappa shape index (κ3) is 2.61. The summed E-state index contributed by atoms with van der Waals surface area (Å²) in [5.41, 5.74) is 6.98. The molecule has 0 aliphatic carbocycles. The van der Waals surface area contributed by atoms with Gasteiger partial charge in [0.05, 0.1) is 5.02 Å². The van der Waals surface area contributed by atoms with Gasteiger partial charge in [-0.1, -0.05) is 23.7 Å². The van der Waals surface area contributed by atoms with Crippen LogP contribution in [0.2, 0.25) is 5.02 Å². The van der Waals surface area contributed by atoms with Gasteiger partial charge in [-0.2, -0.15) is 0 Å². The van der Waals surface area contributed by atoms with E-state index < -0.39 is 5.82 Å². The number of benzene rings is 1. The van der Waals surface area contributed by atoms with Crippen LogP contribution in [0.5, 0.6) is 0 Å². The Hall–Kier alpha value is -0.900. The smallest absolute Gasteiger partial charge is 0.141 e. The Morgan fingerprint density at radius 1 is 1.38 bits per heavy atom. The van der Waals surface area contributed by atoms with Crippen LogP contribution in [0.15, 0.2) is 35.7 Å². The maximum absolute atomic E-state index is 12.9. The molecular formula is C12H11ClFNS. The maximum atomic E-state index is 12.9. The molecule has 0 spiro atoms. The monoisotopic (exact) mass is 255 g/mol. The quantitative estimate of drug-likeness (QED) is 0.887. The van der Waals surface area contributed by atoms with Crippen molar-refractivity contribution in [3.63, 3.8) is 0 Å². The Kier molecular flexibility index (Phi) is 3.59. The largest absolute Gasteiger partial charge is 0.323 e. The van der Waals surface area contributed by atoms with Crippen molar-refractivity contribution >= 4 is 22.9 Å². The van der Waals surface area contributed by atoms with Crippen molar-refractivity contribution in [3.8, 4) is 0 Å². The summed E-state index contributed by atoms with van der Waals surface area (Å²) >= 11 is 7.33. The van der Waals surface area contributed by atoms with Crippen LogP contribution in [0.25, 0.3) is 0 Å². The number of hydrogen-bond acceptors (Lipinski definition) is 2. The highest BCUT2D eigenvalue weighted by atomic mass is 35.5. The Morgan fingerprint density at radius 3 is 2.81 bits per heavy atom. The van der Waals surface area contributed by atoms with E-state index in [1.54, 1.807) is 23.5 Å². The highest BCUT2D eigenvalue weighted by Crippen LogP contribution is 2.23. The van der Waals surface area contributed by atoms with Crippen molar-refractivity contribution in [2.24, 2.45) is 5.73 Å². The van der Waals surface area contributed by atoms with Crippen molar-refractivity contribution in [1.29, 1.82) is 0 Å². The Labute approximate surface area is 103 Å². The molecule has 0 saturated heterocycles. The molecule has 16 heavy (non-hydrogen) atoms. The molecule has 0 radical (unpaired) electrons. The van der Waals surface area contributed by atoms with Gasteiger partial charge < -0.3 is 5.73 Å². The van der Waals surface area contributed by atoms with Gasteiger partial charge in [0.1, 0.15) is 5.82 Å². The van der Waals surface area contributed by atoms with Crippen molar-refractivity contribution in [3.05, 3.63) is 57.0 Å². The van der Waals surface area contributed by atoms with Crippen molar-refractivity contribution in [2.45, 2.75) is 12.5 Å². The van der Waals surface area contributed by atoms with Gasteiger partial charge in [0.2, 0.25) is 0 Å². The number of thiophene rings is 1. The molecule has 4 heteroatoms. The molecule has 1 heterocycles. The SMILES string of the molecule is NC(Cc1ccc(F)c(Cl)c1)c1cccs1. The summed E-state index contributed by atoms with van der Waals surface area (Å²) in [6.45, 7) is 0. The molecule has 84 valence electrons. The van der Waals surface area contributed by atoms with Gasteiger partial charge in [0.15, 0.2) is 0 Å². The molecular weight excluding hydrogens is 245 g/mol. The van der Waals surface area contributed by atoms with E-state index in [0.717, 1.165) is 10.4 Å². The molecule has 1 aromatic heterocycles. The van der Waals surface area contributed by atoms with Crippen LogP contribution >= 0.6 is 22.9 Å². The van der Waals surface area contributed by atoms with Gasteiger partial charge in [-0.3, -0.25) is 0 Å². The van der Waals surface area contributed by atoms with Crippen LogP contribution in [-0.2, 0) is 6.42 Å². The minimum Gasteiger partial charge on any atom is -0.323 e. The second-order valence-corrected chi connectivity index (χ2v) is 4.96. The van der Waals surface area contributed by atoms with Crippen LogP contribution in [0, 0.1) is 5.82 Å². The van der Waals surface area contributed by atoms with E-state index in [2.05, 4.69) is 0 Å². The fraction of sp³-hybridized carbons (Fsp3) is 0.167. The van der Waals surface area contributed by atoms with E-state index in [0.29, 0.717) is 6.42 Å². The van der Waals surface area contributed by atoms with Gasteiger partial charge in [-0.25, -0.2) is 4.39 Å². The van der Waals surface area contributed by atoms with Gasteiger partial charge in [0, 0.05) is 10.9 Å². The number of hydrogen-bond donors (Lipinski definition) is 1. The zero-order valence-corrected chi connectivity index (χ0v) is 10.1. The minimum atomic E-state index is -0.393. The van der Waals surface area contributed by atoms with Gasteiger partial charge >= 0.3 is 0 Å². The minimum absolute atomic E-state index is 0.0541. The summed E-state index contributed by atoms with van der Waals surface area (Å²) < 4.78 is 12.9. The topological polar surface area (TPSA) is 26.0 Å². The normalized spacial score (nSPS) is 12.7. The van der Waals surface area contributed by atoms with Crippen molar-refractivity contribution < 1.29 is 4.39 Å². The van der Waals surface area contributed by atoms with E-state index >= 15 is 0 Å². The zero-order chi connectivity index (χ0) is 11.5. The molecule has 1 aromatic carbocycles. The first-order chi connectivity index (χ1) is 7.66. The molecule has 0 amide bonds. The third-order valence-corrected chi connectivity index (χ3v) is 3.64. The molecule has 0 aliphatic rings. The van der Waals surface area contributed by atoms with E-state index in [1.807, 2.05) is 17.5 Å². The lowest BCUT2D eigenvalue weighted by Gasteiger charge is -2.09. The molecule has 2 aromatic rings. The number of halogens is 2. The molecule has 0 fully saturated rings. The summed E-state index contributed by atoms with van der Waals surface area (Å²) in [5.74, 6) is -0.393. The standard InChI is InChI=1S/C12H11ClFNS/c13-9-6-8(3-4-10(9)14)7-11(15)12-2-1-5-16-12/h1-6,11H,7,15H2. The third-order valence-electron chi connectivity index (χ3n) is 2.35. The van der Waals surface area contributed by atoms with Gasteiger partial charge in [0.25, 0.3) is 0 Å². The highest BCUT2D eigenvalue weighted by molar-refractivity contribution is 7.10. The molecule has 0 aliphatic heterocycles. The highest BCUT2D eigenvalue weighted by Gasteiger charge is 2.09. The first kappa shape index (κ1) is 11.6. The van der Waals surface area contributed by atoms with Crippen LogP contribution < -0.4 is 5.73 Å². The molecule has 2 rings (SSSR count). The van der Waals surface area contributed by atoms with Gasteiger partial charge in [-0.05, 0) is 35.6 Å². The number of nitrogens with two attached hydrogens (primary N) is 1. The fourth-order valence-electron chi connectivity index (χ4n) is 1.52. The van der Waals surface area contributed by atoms with E-state index in [9.17, 15) is 4.39 Å². The molecule has 1 nitrogen and oxygen atoms in total. The summed E-state index contributed by atoms with van der Waals surface area (Å²) in [6.07, 6.45) is 0.667. The van der Waals surface area contributed by atoms with Crippen LogP contribution in [0.3, 0.4) is 0 Å². The zero-order valence-electron chi connectivity index (χ0n) is 8.49. The summed E-state index contributed by atoms with van der Waals surface area (Å²) in [4.78, 5) is 1.13. The molecule has 0 saturated carbocycles. The molecule has 1 atom stereocenters. The molecule has 0 bridgehead atoms. The lowest BCUT2D eigenvalue weighted by Crippen LogP contribution is -2.11. The van der Waals surface area contributed by atoms with Crippen LogP contribution in [0.4, 0.5) is 4.39 Å². The average molecular weight is 256 g/mol.